The fraction of sp³-hybridized carbons (Fsp3) is 0.429. The number of hydrogen-bond acceptors (Lipinski definition) is 4. The number of carbonyl (C=O) groups excluding carboxylic acids is 2. The van der Waals surface area contributed by atoms with Crippen LogP contribution < -0.4 is 0 Å². The molecule has 4 heteroatoms. The first-order valence-electron chi connectivity index (χ1n) is 9.02. The molecule has 0 bridgehead atoms. The molecule has 2 aromatic rings. The lowest BCUT2D eigenvalue weighted by Crippen LogP contribution is -2.16. The van der Waals surface area contributed by atoms with E-state index in [4.69, 9.17) is 4.74 Å². The second-order valence-corrected chi connectivity index (χ2v) is 8.97. The molecular weight excluding hydrogens is 332 g/mol. The van der Waals surface area contributed by atoms with E-state index >= 15 is 0 Å². The van der Waals surface area contributed by atoms with E-state index in [-0.39, 0.29) is 11.4 Å². The predicted octanol–water partition coefficient (Wildman–Crippen LogP) is 4.53. The number of hydrogen-bond donors (Lipinski definition) is 0. The maximum absolute atomic E-state index is 11.5. The minimum absolute atomic E-state index is 0.0259. The van der Waals surface area contributed by atoms with Gasteiger partial charge in [-0.05, 0) is 66.3 Å². The molecule has 1 aliphatic heterocycles. The van der Waals surface area contributed by atoms with Gasteiger partial charge in [-0.2, -0.15) is 0 Å². The Hall–Kier alpha value is -1.94. The van der Waals surface area contributed by atoms with Crippen LogP contribution in [0.5, 0.6) is 0 Å². The first-order chi connectivity index (χ1) is 12.2. The summed E-state index contributed by atoms with van der Waals surface area (Å²) in [6, 6.07) is 8.91. The summed E-state index contributed by atoms with van der Waals surface area (Å²) in [5.74, 6) is 0.510. The molecule has 5 rings (SSSR count). The summed E-state index contributed by atoms with van der Waals surface area (Å²) in [7, 11) is 0. The molecule has 0 radical (unpaired) electrons. The Morgan fingerprint density at radius 2 is 2.12 bits per heavy atom. The van der Waals surface area contributed by atoms with Gasteiger partial charge in [-0.3, -0.25) is 9.59 Å². The van der Waals surface area contributed by atoms with E-state index in [0.717, 1.165) is 43.3 Å². The number of fused-ring (bicyclic) bond motifs is 3. The van der Waals surface area contributed by atoms with Crippen molar-refractivity contribution >= 4 is 23.6 Å². The van der Waals surface area contributed by atoms with Crippen LogP contribution in [0, 0.1) is 5.41 Å². The SMILES string of the molecule is O=Cc1cc2c(s1)CCc1cc([C@H]3CC[C@]4(COC(=O)C4)C3)ccc1-2. The number of ether oxygens (including phenoxy) is 1. The number of cyclic esters (lactones) is 1. The average Bonchev–Trinajstić information content (AvgIpc) is 3.33. The number of carbonyl (C=O) groups is 2. The third kappa shape index (κ3) is 2.46. The van der Waals surface area contributed by atoms with Crippen LogP contribution in [0.25, 0.3) is 11.1 Å². The van der Waals surface area contributed by atoms with Crippen molar-refractivity contribution in [3.8, 4) is 11.1 Å². The van der Waals surface area contributed by atoms with E-state index in [0.29, 0.717) is 18.9 Å². The fourth-order valence-corrected chi connectivity index (χ4v) is 5.92. The summed E-state index contributed by atoms with van der Waals surface area (Å²) in [5.41, 5.74) is 5.44. The normalized spacial score (nSPS) is 27.2. The fourth-order valence-electron chi connectivity index (χ4n) is 4.93. The van der Waals surface area contributed by atoms with E-state index in [1.807, 2.05) is 6.07 Å². The maximum Gasteiger partial charge on any atom is 0.306 e. The molecule has 0 amide bonds. The maximum atomic E-state index is 11.5. The van der Waals surface area contributed by atoms with Crippen molar-refractivity contribution in [2.24, 2.45) is 5.41 Å². The highest BCUT2D eigenvalue weighted by Crippen LogP contribution is 2.52. The molecule has 2 fully saturated rings. The first-order valence-corrected chi connectivity index (χ1v) is 9.84. The van der Waals surface area contributed by atoms with Crippen LogP contribution in [-0.4, -0.2) is 18.9 Å². The van der Waals surface area contributed by atoms with Gasteiger partial charge in [-0.1, -0.05) is 18.2 Å². The summed E-state index contributed by atoms with van der Waals surface area (Å²) < 4.78 is 5.25. The van der Waals surface area contributed by atoms with Gasteiger partial charge in [0.15, 0.2) is 6.29 Å². The van der Waals surface area contributed by atoms with E-state index in [1.54, 1.807) is 11.3 Å². The van der Waals surface area contributed by atoms with Gasteiger partial charge >= 0.3 is 5.97 Å². The largest absolute Gasteiger partial charge is 0.465 e. The van der Waals surface area contributed by atoms with Crippen LogP contribution in [0.3, 0.4) is 0 Å². The van der Waals surface area contributed by atoms with Gasteiger partial charge in [-0.25, -0.2) is 0 Å². The van der Waals surface area contributed by atoms with Crippen LogP contribution >= 0.6 is 11.3 Å². The van der Waals surface area contributed by atoms with Crippen molar-refractivity contribution in [3.63, 3.8) is 0 Å². The number of esters is 1. The second-order valence-electron chi connectivity index (χ2n) is 7.80. The lowest BCUT2D eigenvalue weighted by atomic mass is 9.82. The van der Waals surface area contributed by atoms with Crippen LogP contribution in [0.15, 0.2) is 24.3 Å². The van der Waals surface area contributed by atoms with Crippen LogP contribution in [0.2, 0.25) is 0 Å². The van der Waals surface area contributed by atoms with E-state index < -0.39 is 0 Å². The highest BCUT2D eigenvalue weighted by Gasteiger charge is 2.46. The standard InChI is InChI=1S/C21H20O3S/c22-11-16-8-18-17-3-1-13(7-14(17)2-4-19(18)25-16)15-5-6-21(9-15)10-20(23)24-12-21/h1,3,7-8,11,15H,2,4-6,9-10,12H2/t15-,21-/m0/s1. The Balaban J connectivity index is 1.44. The lowest BCUT2D eigenvalue weighted by molar-refractivity contribution is -0.137. The van der Waals surface area contributed by atoms with Gasteiger partial charge in [0.2, 0.25) is 0 Å². The minimum Gasteiger partial charge on any atom is -0.465 e. The quantitative estimate of drug-likeness (QED) is 0.589. The third-order valence-electron chi connectivity index (χ3n) is 6.22. The minimum atomic E-state index is -0.0259. The summed E-state index contributed by atoms with van der Waals surface area (Å²) in [5, 5.41) is 0. The van der Waals surface area contributed by atoms with E-state index in [9.17, 15) is 9.59 Å². The highest BCUT2D eigenvalue weighted by atomic mass is 32.1. The second kappa shape index (κ2) is 5.53. The number of rotatable bonds is 2. The number of aldehydes is 1. The van der Waals surface area contributed by atoms with Gasteiger partial charge in [0.1, 0.15) is 0 Å². The molecule has 1 aromatic carbocycles. The number of benzene rings is 1. The predicted molar refractivity (Wildman–Crippen MR) is 97.2 cm³/mol. The van der Waals surface area contributed by atoms with Gasteiger partial charge in [0.05, 0.1) is 17.9 Å². The zero-order valence-corrected chi connectivity index (χ0v) is 14.9. The van der Waals surface area contributed by atoms with Gasteiger partial charge in [0.25, 0.3) is 0 Å². The van der Waals surface area contributed by atoms with Crippen LogP contribution in [0.1, 0.15) is 57.3 Å². The Kier molecular flexibility index (Phi) is 3.39. The highest BCUT2D eigenvalue weighted by molar-refractivity contribution is 7.14. The van der Waals surface area contributed by atoms with Crippen molar-refractivity contribution in [2.75, 3.05) is 6.61 Å². The van der Waals surface area contributed by atoms with Gasteiger partial charge in [0, 0.05) is 10.3 Å². The Labute approximate surface area is 151 Å². The van der Waals surface area contributed by atoms with Crippen molar-refractivity contribution in [1.29, 1.82) is 0 Å². The van der Waals surface area contributed by atoms with Crippen molar-refractivity contribution in [1.82, 2.24) is 0 Å². The van der Waals surface area contributed by atoms with Crippen molar-refractivity contribution in [2.45, 2.75) is 44.4 Å². The molecule has 0 unspecified atom stereocenters. The molecule has 0 N–H and O–H groups in total. The van der Waals surface area contributed by atoms with E-state index in [1.165, 1.54) is 27.1 Å². The monoisotopic (exact) mass is 352 g/mol. The lowest BCUT2D eigenvalue weighted by Gasteiger charge is -2.21. The molecule has 3 aliphatic rings. The third-order valence-corrected chi connectivity index (χ3v) is 7.34. The number of thiophene rings is 1. The van der Waals surface area contributed by atoms with E-state index in [2.05, 4.69) is 18.2 Å². The molecule has 2 heterocycles. The van der Waals surface area contributed by atoms with Gasteiger partial charge in [-0.15, -0.1) is 11.3 Å². The topological polar surface area (TPSA) is 43.4 Å². The first kappa shape index (κ1) is 15.3. The molecular formula is C21H20O3S. The summed E-state index contributed by atoms with van der Waals surface area (Å²) in [4.78, 5) is 24.8. The molecule has 1 spiro atoms. The van der Waals surface area contributed by atoms with Crippen LogP contribution in [-0.2, 0) is 22.4 Å². The smallest absolute Gasteiger partial charge is 0.306 e. The molecule has 2 aliphatic carbocycles. The molecule has 25 heavy (non-hydrogen) atoms. The average molecular weight is 352 g/mol. The van der Waals surface area contributed by atoms with Crippen molar-refractivity contribution in [3.05, 3.63) is 45.1 Å². The Morgan fingerprint density at radius 1 is 1.20 bits per heavy atom. The zero-order valence-electron chi connectivity index (χ0n) is 14.0. The molecule has 1 aromatic heterocycles. The van der Waals surface area contributed by atoms with Crippen LogP contribution in [0.4, 0.5) is 0 Å². The summed E-state index contributed by atoms with van der Waals surface area (Å²) in [6.45, 7) is 0.611. The molecule has 1 saturated carbocycles. The zero-order chi connectivity index (χ0) is 17.0. The molecule has 1 saturated heterocycles. The van der Waals surface area contributed by atoms with Gasteiger partial charge < -0.3 is 4.74 Å². The number of aryl methyl sites for hydroxylation is 2. The summed E-state index contributed by atoms with van der Waals surface area (Å²) in [6.07, 6.45) is 6.94. The Morgan fingerprint density at radius 3 is 2.92 bits per heavy atom. The Bertz CT molecular complexity index is 881. The molecule has 128 valence electrons. The summed E-state index contributed by atoms with van der Waals surface area (Å²) >= 11 is 1.63. The van der Waals surface area contributed by atoms with Crippen molar-refractivity contribution < 1.29 is 14.3 Å². The molecule has 3 nitrogen and oxygen atoms in total. The molecule has 2 atom stereocenters.